The molecule has 0 bridgehead atoms. The first-order valence-electron chi connectivity index (χ1n) is 19.3. The van der Waals surface area contributed by atoms with Crippen LogP contribution >= 0.6 is 159 Å². The molecule has 0 heterocycles. The molecule has 0 aromatic heterocycles. The fourth-order valence-corrected chi connectivity index (χ4v) is 14.9. The number of aliphatic hydroxyl groups excluding tert-OH is 8. The van der Waals surface area contributed by atoms with E-state index >= 15 is 0 Å². The first-order valence-corrected chi connectivity index (χ1v) is 28.0. The number of aliphatic carboxylic acids is 2. The maximum Gasteiger partial charge on any atom is 0.313 e. The second-order valence-corrected chi connectivity index (χ2v) is 22.9. The zero-order chi connectivity index (χ0) is 52.9. The van der Waals surface area contributed by atoms with Crippen LogP contribution in [0.4, 0.5) is 11.4 Å². The van der Waals surface area contributed by atoms with Crippen LogP contribution in [0.15, 0.2) is 0 Å². The van der Waals surface area contributed by atoms with E-state index in [0.717, 1.165) is 0 Å². The molecule has 0 aliphatic heterocycles. The monoisotopic (exact) mass is 1680 g/mol. The Kier molecular flexibility index (Phi) is 34.0. The van der Waals surface area contributed by atoms with E-state index in [-0.39, 0.29) is 71.3 Å². The summed E-state index contributed by atoms with van der Waals surface area (Å²) in [6.07, 6.45) is -4.34. The molecule has 68 heavy (non-hydrogen) atoms. The fourth-order valence-electron chi connectivity index (χ4n) is 5.15. The predicted octanol–water partition coefficient (Wildman–Crippen LogP) is 0.488. The number of nitrogen functional groups attached to an aromatic ring is 2. The number of hydrogen-bond acceptors (Lipinski definition) is 18. The minimum atomic E-state index is -1.09. The third kappa shape index (κ3) is 21.6. The van der Waals surface area contributed by atoms with E-state index in [1.807, 2.05) is 136 Å². The summed E-state index contributed by atoms with van der Waals surface area (Å²) in [6, 6.07) is 0. The fraction of sp³-hybridized carbons (Fsp3) is 0.526. The van der Waals surface area contributed by atoms with Crippen LogP contribution in [0.2, 0.25) is 0 Å². The molecule has 4 atom stereocenters. The van der Waals surface area contributed by atoms with Crippen LogP contribution in [-0.2, 0) is 9.59 Å². The van der Waals surface area contributed by atoms with Crippen molar-refractivity contribution >= 4 is 206 Å². The van der Waals surface area contributed by atoms with Crippen LogP contribution in [0.3, 0.4) is 0 Å². The SMILES string of the molecule is CN(CC(O)CO)C(=O)c1c(I)c(N)c(I)c(C(=O)N(C)CC(O)CO)c1I.CN(CC(O)CO)C(=O)c1c(I)c(N)c(I)c(C(=O)N(C)CC(O)CO)c1I.O=C(O)CSCCSCC(=O)O. The van der Waals surface area contributed by atoms with E-state index < -0.39 is 86.4 Å². The van der Waals surface area contributed by atoms with E-state index in [4.69, 9.17) is 42.1 Å². The minimum Gasteiger partial charge on any atom is -0.481 e. The number of benzene rings is 2. The molecule has 22 nitrogen and oxygen atoms in total. The van der Waals surface area contributed by atoms with Gasteiger partial charge in [0.25, 0.3) is 23.6 Å². The molecule has 14 N–H and O–H groups in total. The number of carboxylic acids is 2. The van der Waals surface area contributed by atoms with Crippen molar-refractivity contribution in [3.63, 3.8) is 0 Å². The maximum atomic E-state index is 12.9. The number of carbonyl (C=O) groups is 6. The number of nitrogens with zero attached hydrogens (tertiary/aromatic N) is 4. The highest BCUT2D eigenvalue weighted by Crippen LogP contribution is 2.36. The number of carbonyl (C=O) groups excluding carboxylic acids is 4. The molecule has 30 heteroatoms. The Bertz CT molecular complexity index is 1810. The molecule has 0 aliphatic rings. The van der Waals surface area contributed by atoms with Gasteiger partial charge in [0.15, 0.2) is 0 Å². The summed E-state index contributed by atoms with van der Waals surface area (Å²) in [6.45, 7) is -2.27. The smallest absolute Gasteiger partial charge is 0.313 e. The summed E-state index contributed by atoms with van der Waals surface area (Å²) in [5.74, 6) is -1.90. The maximum absolute atomic E-state index is 12.9. The molecule has 0 saturated carbocycles. The number of halogens is 6. The number of aliphatic hydroxyl groups is 8. The molecule has 2 aromatic carbocycles. The van der Waals surface area contributed by atoms with Gasteiger partial charge in [-0.05, 0) is 136 Å². The zero-order valence-corrected chi connectivity index (χ0v) is 51.3. The van der Waals surface area contributed by atoms with Crippen molar-refractivity contribution in [1.29, 1.82) is 0 Å². The lowest BCUT2D eigenvalue weighted by molar-refractivity contribution is -0.134. The van der Waals surface area contributed by atoms with Gasteiger partial charge in [-0.3, -0.25) is 28.8 Å². The largest absolute Gasteiger partial charge is 0.481 e. The Hall–Kier alpha value is -0.380. The van der Waals surface area contributed by atoms with Gasteiger partial charge in [0.2, 0.25) is 0 Å². The van der Waals surface area contributed by atoms with Crippen molar-refractivity contribution < 1.29 is 79.8 Å². The lowest BCUT2D eigenvalue weighted by atomic mass is 10.1. The highest BCUT2D eigenvalue weighted by Gasteiger charge is 2.32. The van der Waals surface area contributed by atoms with Crippen molar-refractivity contribution in [1.82, 2.24) is 19.6 Å². The van der Waals surface area contributed by atoms with Gasteiger partial charge in [-0.25, -0.2) is 0 Å². The average molecular weight is 1680 g/mol. The number of anilines is 2. The topological polar surface area (TPSA) is 370 Å². The van der Waals surface area contributed by atoms with Crippen molar-refractivity contribution in [2.75, 3.05) is 115 Å². The lowest BCUT2D eigenvalue weighted by Crippen LogP contribution is -2.38. The van der Waals surface area contributed by atoms with Gasteiger partial charge in [-0.1, -0.05) is 0 Å². The predicted molar refractivity (Wildman–Crippen MR) is 308 cm³/mol. The number of thioether (sulfide) groups is 2. The Morgan fingerprint density at radius 2 is 0.632 bits per heavy atom. The van der Waals surface area contributed by atoms with Crippen molar-refractivity contribution in [2.45, 2.75) is 24.4 Å². The lowest BCUT2D eigenvalue weighted by Gasteiger charge is -2.25. The summed E-state index contributed by atoms with van der Waals surface area (Å²) >= 11 is 14.2. The van der Waals surface area contributed by atoms with Gasteiger partial charge >= 0.3 is 11.9 Å². The zero-order valence-electron chi connectivity index (χ0n) is 36.7. The van der Waals surface area contributed by atoms with E-state index in [1.54, 1.807) is 0 Å². The first-order chi connectivity index (χ1) is 31.6. The van der Waals surface area contributed by atoms with Gasteiger partial charge < -0.3 is 82.1 Å². The van der Waals surface area contributed by atoms with Gasteiger partial charge in [0, 0.05) is 73.0 Å². The summed E-state index contributed by atoms with van der Waals surface area (Å²) < 4.78 is 2.72. The third-order valence-electron chi connectivity index (χ3n) is 8.55. The van der Waals surface area contributed by atoms with Crippen molar-refractivity contribution in [2.24, 2.45) is 0 Å². The van der Waals surface area contributed by atoms with Gasteiger partial charge in [-0.15, -0.1) is 23.5 Å². The summed E-state index contributed by atoms with van der Waals surface area (Å²) in [5.41, 5.74) is 13.8. The normalized spacial score (nSPS) is 12.6. The van der Waals surface area contributed by atoms with Crippen LogP contribution in [0.5, 0.6) is 0 Å². The Morgan fingerprint density at radius 1 is 0.441 bits per heavy atom. The summed E-state index contributed by atoms with van der Waals surface area (Å²) in [5, 5.41) is 90.9. The number of amides is 4. The van der Waals surface area contributed by atoms with Crippen LogP contribution < -0.4 is 11.5 Å². The first kappa shape index (κ1) is 67.6. The molecule has 0 fully saturated rings. The molecule has 386 valence electrons. The van der Waals surface area contributed by atoms with E-state index in [9.17, 15) is 49.2 Å². The van der Waals surface area contributed by atoms with E-state index in [0.29, 0.717) is 32.9 Å². The molecule has 2 rings (SSSR count). The standard InChI is InChI=1S/2C16H22I3N3O6.C6H10O4S2/c2*1-21(3-7(25)5-23)15(27)9-11(17)10(13(19)14(20)12(9)18)16(28)22(2)4-8(26)6-24;7-5(8)3-11-1-2-12-4-6(9)10/h2*7-8,23-26H,3-6,20H2,1-2H3;1-4H2,(H,7,8)(H,9,10). The second-order valence-electron chi connectivity index (χ2n) is 14.2. The van der Waals surface area contributed by atoms with Crippen LogP contribution in [0, 0.1) is 21.4 Å². The van der Waals surface area contributed by atoms with E-state index in [1.165, 1.54) is 71.3 Å². The second kappa shape index (κ2) is 34.2. The van der Waals surface area contributed by atoms with Crippen LogP contribution in [0.25, 0.3) is 0 Å². The molecule has 4 unspecified atom stereocenters. The molecule has 2 aromatic rings. The number of nitrogens with two attached hydrogens (primary N) is 2. The Labute approximate surface area is 482 Å². The Balaban J connectivity index is 0.00000107. The van der Waals surface area contributed by atoms with Crippen LogP contribution in [0.1, 0.15) is 41.4 Å². The molecular weight excluding hydrogens is 1620 g/mol. The van der Waals surface area contributed by atoms with Gasteiger partial charge in [-0.2, -0.15) is 0 Å². The molecule has 0 radical (unpaired) electrons. The summed E-state index contributed by atoms with van der Waals surface area (Å²) in [4.78, 5) is 76.8. The van der Waals surface area contributed by atoms with E-state index in [2.05, 4.69) is 0 Å². The van der Waals surface area contributed by atoms with Gasteiger partial charge in [0.1, 0.15) is 0 Å². The molecule has 0 spiro atoms. The minimum absolute atomic E-state index is 0.0841. The van der Waals surface area contributed by atoms with Crippen molar-refractivity contribution in [3.8, 4) is 0 Å². The number of hydrogen-bond donors (Lipinski definition) is 12. The van der Waals surface area contributed by atoms with Crippen LogP contribution in [-0.4, -0.2) is 234 Å². The molecule has 4 amide bonds. The highest BCUT2D eigenvalue weighted by atomic mass is 127. The molecular formula is C38H54I6N6O16S2. The Morgan fingerprint density at radius 3 is 0.794 bits per heavy atom. The average Bonchev–Trinajstić information content (AvgIpc) is 3.28. The number of likely N-dealkylation sites (N-methyl/N-ethyl adjacent to an activating group) is 4. The molecule has 0 saturated heterocycles. The van der Waals surface area contributed by atoms with Crippen molar-refractivity contribution in [3.05, 3.63) is 43.7 Å². The number of carboxylic acid groups (broad SMARTS) is 2. The highest BCUT2D eigenvalue weighted by molar-refractivity contribution is 14.1. The number of rotatable bonds is 23. The quantitative estimate of drug-likeness (QED) is 0.0409. The van der Waals surface area contributed by atoms with Gasteiger partial charge in [0.05, 0.1) is 110 Å². The third-order valence-corrected chi connectivity index (χ3v) is 17.3. The molecule has 0 aliphatic carbocycles. The summed E-state index contributed by atoms with van der Waals surface area (Å²) in [7, 11) is 5.92.